The minimum atomic E-state index is -0.0557. The van der Waals surface area contributed by atoms with Crippen LogP contribution in [0.5, 0.6) is 0 Å². The van der Waals surface area contributed by atoms with E-state index in [4.69, 9.17) is 0 Å². The number of aromatic nitrogens is 2. The van der Waals surface area contributed by atoms with Crippen molar-refractivity contribution in [3.8, 4) is 0 Å². The smallest absolute Gasteiger partial charge is 0.272 e. The molecule has 0 radical (unpaired) electrons. The fourth-order valence-corrected chi connectivity index (χ4v) is 2.33. The van der Waals surface area contributed by atoms with Gasteiger partial charge >= 0.3 is 0 Å². The summed E-state index contributed by atoms with van der Waals surface area (Å²) in [5, 5.41) is 1.04. The van der Waals surface area contributed by atoms with Gasteiger partial charge in [0.2, 0.25) is 0 Å². The number of para-hydroxylation sites is 1. The van der Waals surface area contributed by atoms with Gasteiger partial charge in [-0.05, 0) is 36.2 Å². The Morgan fingerprint density at radius 2 is 1.82 bits per heavy atom. The van der Waals surface area contributed by atoms with Crippen LogP contribution in [-0.4, -0.2) is 34.4 Å². The summed E-state index contributed by atoms with van der Waals surface area (Å²) in [5.74, 6) is -0.0557. The van der Waals surface area contributed by atoms with Gasteiger partial charge in [-0.3, -0.25) is 9.78 Å². The van der Waals surface area contributed by atoms with Gasteiger partial charge in [-0.1, -0.05) is 24.3 Å². The molecule has 0 unspecified atom stereocenters. The summed E-state index contributed by atoms with van der Waals surface area (Å²) in [6.07, 6.45) is 4.34. The molecule has 0 saturated carbocycles. The highest BCUT2D eigenvalue weighted by atomic mass is 16.2. The second kappa shape index (κ2) is 6.35. The summed E-state index contributed by atoms with van der Waals surface area (Å²) in [6, 6.07) is 15.5. The predicted molar refractivity (Wildman–Crippen MR) is 86.6 cm³/mol. The molecule has 0 fully saturated rings. The van der Waals surface area contributed by atoms with Gasteiger partial charge in [0.25, 0.3) is 5.91 Å². The Hall–Kier alpha value is -2.75. The maximum Gasteiger partial charge on any atom is 0.272 e. The first-order chi connectivity index (χ1) is 10.7. The molecule has 3 aromatic rings. The van der Waals surface area contributed by atoms with Crippen LogP contribution in [0.4, 0.5) is 0 Å². The van der Waals surface area contributed by atoms with Gasteiger partial charge in [0.1, 0.15) is 5.69 Å². The van der Waals surface area contributed by atoms with Crippen molar-refractivity contribution in [1.82, 2.24) is 14.9 Å². The summed E-state index contributed by atoms with van der Waals surface area (Å²) in [4.78, 5) is 22.6. The quantitative estimate of drug-likeness (QED) is 0.742. The lowest BCUT2D eigenvalue weighted by atomic mass is 10.2. The molecule has 110 valence electrons. The maximum absolute atomic E-state index is 12.5. The molecular weight excluding hydrogens is 274 g/mol. The molecular formula is C18H17N3O. The van der Waals surface area contributed by atoms with Crippen LogP contribution in [0.2, 0.25) is 0 Å². The van der Waals surface area contributed by atoms with Crippen molar-refractivity contribution < 1.29 is 4.79 Å². The second-order valence-electron chi connectivity index (χ2n) is 5.22. The molecule has 0 N–H and O–H groups in total. The number of hydrogen-bond acceptors (Lipinski definition) is 3. The van der Waals surface area contributed by atoms with Gasteiger partial charge in [-0.15, -0.1) is 0 Å². The van der Waals surface area contributed by atoms with Crippen LogP contribution in [-0.2, 0) is 6.42 Å². The number of rotatable bonds is 4. The van der Waals surface area contributed by atoms with E-state index < -0.39 is 0 Å². The van der Waals surface area contributed by atoms with Crippen LogP contribution in [0, 0.1) is 0 Å². The predicted octanol–water partition coefficient (Wildman–Crippen LogP) is 2.94. The van der Waals surface area contributed by atoms with Gasteiger partial charge in [0.15, 0.2) is 0 Å². The Kier molecular flexibility index (Phi) is 4.10. The van der Waals surface area contributed by atoms with E-state index in [1.807, 2.05) is 42.5 Å². The lowest BCUT2D eigenvalue weighted by molar-refractivity contribution is 0.0791. The van der Waals surface area contributed by atoms with E-state index in [1.165, 1.54) is 5.56 Å². The van der Waals surface area contributed by atoms with Crippen LogP contribution < -0.4 is 0 Å². The first-order valence-electron chi connectivity index (χ1n) is 7.24. The molecule has 1 aromatic carbocycles. The number of hydrogen-bond donors (Lipinski definition) is 0. The van der Waals surface area contributed by atoms with Crippen molar-refractivity contribution in [2.45, 2.75) is 6.42 Å². The number of likely N-dealkylation sites (N-methyl/N-ethyl adjacent to an activating group) is 1. The van der Waals surface area contributed by atoms with Gasteiger partial charge < -0.3 is 4.90 Å². The number of pyridine rings is 2. The minimum absolute atomic E-state index is 0.0557. The van der Waals surface area contributed by atoms with Crippen LogP contribution in [0.15, 0.2) is 60.9 Å². The largest absolute Gasteiger partial charge is 0.340 e. The molecule has 0 bridgehead atoms. The molecule has 4 nitrogen and oxygen atoms in total. The summed E-state index contributed by atoms with van der Waals surface area (Å²) in [7, 11) is 1.81. The minimum Gasteiger partial charge on any atom is -0.340 e. The van der Waals surface area contributed by atoms with Gasteiger partial charge in [0, 0.05) is 31.4 Å². The topological polar surface area (TPSA) is 46.1 Å². The van der Waals surface area contributed by atoms with Crippen molar-refractivity contribution in [2.75, 3.05) is 13.6 Å². The normalized spacial score (nSPS) is 10.6. The first kappa shape index (κ1) is 14.2. The average molecular weight is 291 g/mol. The van der Waals surface area contributed by atoms with Crippen molar-refractivity contribution in [3.05, 3.63) is 72.2 Å². The second-order valence-corrected chi connectivity index (χ2v) is 5.22. The van der Waals surface area contributed by atoms with Gasteiger partial charge in [0.05, 0.1) is 5.52 Å². The van der Waals surface area contributed by atoms with E-state index in [0.717, 1.165) is 17.3 Å². The van der Waals surface area contributed by atoms with Crippen LogP contribution in [0.1, 0.15) is 16.1 Å². The van der Waals surface area contributed by atoms with E-state index in [2.05, 4.69) is 9.97 Å². The maximum atomic E-state index is 12.5. The molecule has 2 aromatic heterocycles. The molecule has 3 rings (SSSR count). The molecule has 0 aliphatic carbocycles. The summed E-state index contributed by atoms with van der Waals surface area (Å²) < 4.78 is 0. The van der Waals surface area contributed by atoms with Crippen molar-refractivity contribution in [3.63, 3.8) is 0 Å². The average Bonchev–Trinajstić information content (AvgIpc) is 2.59. The fraction of sp³-hybridized carbons (Fsp3) is 0.167. The van der Waals surface area contributed by atoms with Crippen molar-refractivity contribution in [1.29, 1.82) is 0 Å². The van der Waals surface area contributed by atoms with Crippen LogP contribution >= 0.6 is 0 Å². The Bertz CT molecular complexity index is 786. The van der Waals surface area contributed by atoms with E-state index in [9.17, 15) is 4.79 Å². The van der Waals surface area contributed by atoms with E-state index in [-0.39, 0.29) is 5.91 Å². The zero-order valence-corrected chi connectivity index (χ0v) is 12.4. The monoisotopic (exact) mass is 291 g/mol. The van der Waals surface area contributed by atoms with Crippen LogP contribution in [0.3, 0.4) is 0 Å². The Morgan fingerprint density at radius 3 is 2.64 bits per heavy atom. The van der Waals surface area contributed by atoms with E-state index in [1.54, 1.807) is 30.4 Å². The summed E-state index contributed by atoms with van der Waals surface area (Å²) in [6.45, 7) is 0.650. The van der Waals surface area contributed by atoms with Crippen molar-refractivity contribution in [2.24, 2.45) is 0 Å². The number of carbonyl (C=O) groups excluding carboxylic acids is 1. The molecule has 0 spiro atoms. The van der Waals surface area contributed by atoms with Crippen molar-refractivity contribution >= 4 is 16.8 Å². The zero-order chi connectivity index (χ0) is 15.4. The fourth-order valence-electron chi connectivity index (χ4n) is 2.33. The lowest BCUT2D eigenvalue weighted by Gasteiger charge is -2.16. The third-order valence-corrected chi connectivity index (χ3v) is 3.65. The Morgan fingerprint density at radius 1 is 1.05 bits per heavy atom. The molecule has 0 aliphatic rings. The molecule has 4 heteroatoms. The number of carbonyl (C=O) groups is 1. The highest BCUT2D eigenvalue weighted by Crippen LogP contribution is 2.13. The van der Waals surface area contributed by atoms with E-state index in [0.29, 0.717) is 12.2 Å². The Balaban J connectivity index is 1.71. The number of fused-ring (bicyclic) bond motifs is 1. The first-order valence-corrected chi connectivity index (χ1v) is 7.24. The third kappa shape index (κ3) is 3.11. The summed E-state index contributed by atoms with van der Waals surface area (Å²) >= 11 is 0. The molecule has 0 saturated heterocycles. The standard InChI is InChI=1S/C18H17N3O/c1-21(13-10-14-8-11-19-12-9-14)18(22)17-7-6-15-4-2-3-5-16(15)20-17/h2-9,11-12H,10,13H2,1H3. The lowest BCUT2D eigenvalue weighted by Crippen LogP contribution is -2.29. The molecule has 2 heterocycles. The number of benzene rings is 1. The third-order valence-electron chi connectivity index (χ3n) is 3.65. The Labute approximate surface area is 129 Å². The highest BCUT2D eigenvalue weighted by Gasteiger charge is 2.13. The highest BCUT2D eigenvalue weighted by molar-refractivity contribution is 5.94. The molecule has 0 aliphatic heterocycles. The molecule has 0 atom stereocenters. The SMILES string of the molecule is CN(CCc1ccncc1)C(=O)c1ccc2ccccc2n1. The van der Waals surface area contributed by atoms with Gasteiger partial charge in [-0.2, -0.15) is 0 Å². The van der Waals surface area contributed by atoms with Crippen LogP contribution in [0.25, 0.3) is 10.9 Å². The van der Waals surface area contributed by atoms with Gasteiger partial charge in [-0.25, -0.2) is 4.98 Å². The number of nitrogens with zero attached hydrogens (tertiary/aromatic N) is 3. The molecule has 22 heavy (non-hydrogen) atoms. The summed E-state index contributed by atoms with van der Waals surface area (Å²) in [5.41, 5.74) is 2.49. The van der Waals surface area contributed by atoms with E-state index >= 15 is 0 Å². The zero-order valence-electron chi connectivity index (χ0n) is 12.4. The number of amides is 1. The molecule has 1 amide bonds.